The number of hydrogen-bond donors (Lipinski definition) is 1. The molecule has 1 saturated carbocycles. The smallest absolute Gasteiger partial charge is 0.0496 e. The molecule has 0 aromatic carbocycles. The Kier molecular flexibility index (Phi) is 4.16. The van der Waals surface area contributed by atoms with Crippen molar-refractivity contribution in [2.24, 2.45) is 11.7 Å². The predicted molar refractivity (Wildman–Crippen MR) is 80.2 cm³/mol. The maximum absolute atomic E-state index is 6.28. The molecule has 2 aliphatic heterocycles. The summed E-state index contributed by atoms with van der Waals surface area (Å²) in [6, 6.07) is 0.734. The molecule has 2 unspecified atom stereocenters. The molecule has 0 bridgehead atoms. The highest BCUT2D eigenvalue weighted by molar-refractivity contribution is 5.08. The molecule has 2 saturated heterocycles. The number of likely N-dealkylation sites (N-methyl/N-ethyl adjacent to an activating group) is 1. The molecule has 3 rings (SSSR count). The van der Waals surface area contributed by atoms with Crippen molar-refractivity contribution < 1.29 is 0 Å². The van der Waals surface area contributed by atoms with E-state index in [1.165, 1.54) is 71.0 Å². The number of nitrogens with zero attached hydrogens (tertiary/aromatic N) is 2. The van der Waals surface area contributed by atoms with Crippen molar-refractivity contribution in [2.75, 3.05) is 33.2 Å². The van der Waals surface area contributed by atoms with Gasteiger partial charge in [0.1, 0.15) is 0 Å². The molecule has 3 nitrogen and oxygen atoms in total. The minimum atomic E-state index is 0.281. The van der Waals surface area contributed by atoms with E-state index in [1.807, 2.05) is 0 Å². The van der Waals surface area contributed by atoms with Crippen molar-refractivity contribution in [2.45, 2.75) is 62.9 Å². The van der Waals surface area contributed by atoms with Crippen molar-refractivity contribution in [3.05, 3.63) is 0 Å². The first-order chi connectivity index (χ1) is 9.26. The molecular formula is C16H31N3. The van der Waals surface area contributed by atoms with Gasteiger partial charge in [-0.2, -0.15) is 0 Å². The normalized spacial score (nSPS) is 37.1. The van der Waals surface area contributed by atoms with E-state index in [1.54, 1.807) is 0 Å². The monoisotopic (exact) mass is 265 g/mol. The SMILES string of the molecule is CN(CC1CCCC1)C1(CN)CCN2CCCCC21. The third-order valence-electron chi connectivity index (χ3n) is 6.19. The average Bonchev–Trinajstić information content (AvgIpc) is 3.06. The van der Waals surface area contributed by atoms with Gasteiger partial charge >= 0.3 is 0 Å². The van der Waals surface area contributed by atoms with Gasteiger partial charge in [-0.05, 0) is 51.6 Å². The summed E-state index contributed by atoms with van der Waals surface area (Å²) in [5.74, 6) is 0.936. The molecule has 0 aromatic rings. The van der Waals surface area contributed by atoms with Crippen LogP contribution in [-0.4, -0.2) is 54.6 Å². The van der Waals surface area contributed by atoms with Crippen LogP contribution in [0, 0.1) is 5.92 Å². The number of nitrogens with two attached hydrogens (primary N) is 1. The molecule has 0 spiro atoms. The average molecular weight is 265 g/mol. The van der Waals surface area contributed by atoms with Crippen LogP contribution in [0.2, 0.25) is 0 Å². The molecule has 3 aliphatic rings. The fourth-order valence-electron chi connectivity index (χ4n) is 4.97. The third kappa shape index (κ3) is 2.45. The lowest BCUT2D eigenvalue weighted by molar-refractivity contribution is 0.0463. The Hall–Kier alpha value is -0.120. The summed E-state index contributed by atoms with van der Waals surface area (Å²) >= 11 is 0. The Morgan fingerprint density at radius 3 is 2.58 bits per heavy atom. The summed E-state index contributed by atoms with van der Waals surface area (Å²) < 4.78 is 0. The maximum Gasteiger partial charge on any atom is 0.0496 e. The molecule has 0 aromatic heterocycles. The van der Waals surface area contributed by atoms with Crippen molar-refractivity contribution in [1.29, 1.82) is 0 Å². The second kappa shape index (κ2) is 5.71. The van der Waals surface area contributed by atoms with Gasteiger partial charge in [-0.15, -0.1) is 0 Å². The Morgan fingerprint density at radius 2 is 1.84 bits per heavy atom. The molecule has 19 heavy (non-hydrogen) atoms. The third-order valence-corrected chi connectivity index (χ3v) is 6.19. The molecule has 0 radical (unpaired) electrons. The van der Waals surface area contributed by atoms with E-state index in [9.17, 15) is 0 Å². The lowest BCUT2D eigenvalue weighted by atomic mass is 9.83. The highest BCUT2D eigenvalue weighted by atomic mass is 15.3. The van der Waals surface area contributed by atoms with Crippen LogP contribution in [0.3, 0.4) is 0 Å². The van der Waals surface area contributed by atoms with Crippen LogP contribution < -0.4 is 5.73 Å². The number of rotatable bonds is 4. The van der Waals surface area contributed by atoms with Crippen molar-refractivity contribution in [1.82, 2.24) is 9.80 Å². The van der Waals surface area contributed by atoms with Gasteiger partial charge < -0.3 is 5.73 Å². The van der Waals surface area contributed by atoms with E-state index < -0.39 is 0 Å². The first-order valence-corrected chi connectivity index (χ1v) is 8.41. The lowest BCUT2D eigenvalue weighted by Gasteiger charge is -2.46. The Bertz CT molecular complexity index is 300. The van der Waals surface area contributed by atoms with Gasteiger partial charge in [-0.3, -0.25) is 9.80 Å². The summed E-state index contributed by atoms with van der Waals surface area (Å²) in [5.41, 5.74) is 6.56. The maximum atomic E-state index is 6.28. The molecule has 2 N–H and O–H groups in total. The minimum Gasteiger partial charge on any atom is -0.329 e. The predicted octanol–water partition coefficient (Wildman–Crippen LogP) is 2.06. The first-order valence-electron chi connectivity index (χ1n) is 8.41. The fourth-order valence-corrected chi connectivity index (χ4v) is 4.97. The Morgan fingerprint density at radius 1 is 1.11 bits per heavy atom. The summed E-state index contributed by atoms with van der Waals surface area (Å²) in [5, 5.41) is 0. The van der Waals surface area contributed by atoms with E-state index in [0.29, 0.717) is 0 Å². The first kappa shape index (κ1) is 13.8. The van der Waals surface area contributed by atoms with Crippen LogP contribution in [0.1, 0.15) is 51.4 Å². The van der Waals surface area contributed by atoms with Crippen LogP contribution in [0.5, 0.6) is 0 Å². The topological polar surface area (TPSA) is 32.5 Å². The van der Waals surface area contributed by atoms with Gasteiger partial charge in [0, 0.05) is 31.2 Å². The van der Waals surface area contributed by atoms with Gasteiger partial charge in [0.25, 0.3) is 0 Å². The van der Waals surface area contributed by atoms with Crippen LogP contribution in [0.25, 0.3) is 0 Å². The zero-order valence-electron chi connectivity index (χ0n) is 12.6. The Balaban J connectivity index is 1.70. The van der Waals surface area contributed by atoms with Crippen LogP contribution in [-0.2, 0) is 0 Å². The molecule has 110 valence electrons. The Labute approximate surface area is 118 Å². The van der Waals surface area contributed by atoms with Crippen LogP contribution in [0.15, 0.2) is 0 Å². The van der Waals surface area contributed by atoms with E-state index in [0.717, 1.165) is 18.5 Å². The number of hydrogen-bond acceptors (Lipinski definition) is 3. The summed E-state index contributed by atoms with van der Waals surface area (Å²) in [6.07, 6.45) is 11.2. The standard InChI is InChI=1S/C16H31N3/c1-18(12-14-6-2-3-7-14)16(13-17)9-11-19-10-5-4-8-15(16)19/h14-15H,2-13,17H2,1H3. The fraction of sp³-hybridized carbons (Fsp3) is 1.00. The van der Waals surface area contributed by atoms with Crippen LogP contribution >= 0.6 is 0 Å². The highest BCUT2D eigenvalue weighted by Gasteiger charge is 2.49. The second-order valence-corrected chi connectivity index (χ2v) is 7.14. The van der Waals surface area contributed by atoms with E-state index >= 15 is 0 Å². The molecule has 3 heteroatoms. The van der Waals surface area contributed by atoms with Gasteiger partial charge in [-0.25, -0.2) is 0 Å². The van der Waals surface area contributed by atoms with Gasteiger partial charge in [0.2, 0.25) is 0 Å². The minimum absolute atomic E-state index is 0.281. The highest BCUT2D eigenvalue weighted by Crippen LogP contribution is 2.39. The van der Waals surface area contributed by atoms with Crippen molar-refractivity contribution >= 4 is 0 Å². The number of piperidine rings is 1. The largest absolute Gasteiger partial charge is 0.329 e. The van der Waals surface area contributed by atoms with E-state index in [-0.39, 0.29) is 5.54 Å². The molecule has 2 atom stereocenters. The molecule has 3 fully saturated rings. The van der Waals surface area contributed by atoms with Crippen LogP contribution in [0.4, 0.5) is 0 Å². The summed E-state index contributed by atoms with van der Waals surface area (Å²) in [7, 11) is 2.35. The molecule has 0 amide bonds. The van der Waals surface area contributed by atoms with Gasteiger partial charge in [0.05, 0.1) is 0 Å². The van der Waals surface area contributed by atoms with E-state index in [2.05, 4.69) is 16.8 Å². The summed E-state index contributed by atoms with van der Waals surface area (Å²) in [6.45, 7) is 4.71. The van der Waals surface area contributed by atoms with Gasteiger partial charge in [-0.1, -0.05) is 19.3 Å². The number of fused-ring (bicyclic) bond motifs is 1. The second-order valence-electron chi connectivity index (χ2n) is 7.14. The van der Waals surface area contributed by atoms with Crippen molar-refractivity contribution in [3.63, 3.8) is 0 Å². The lowest BCUT2D eigenvalue weighted by Crippen LogP contribution is -2.61. The van der Waals surface area contributed by atoms with E-state index in [4.69, 9.17) is 5.73 Å². The molecule has 2 heterocycles. The molecule has 1 aliphatic carbocycles. The molecular weight excluding hydrogens is 234 g/mol. The van der Waals surface area contributed by atoms with Crippen molar-refractivity contribution in [3.8, 4) is 0 Å². The summed E-state index contributed by atoms with van der Waals surface area (Å²) in [4.78, 5) is 5.39. The van der Waals surface area contributed by atoms with Gasteiger partial charge in [0.15, 0.2) is 0 Å². The zero-order chi connectivity index (χ0) is 13.3. The zero-order valence-corrected chi connectivity index (χ0v) is 12.6. The quantitative estimate of drug-likeness (QED) is 0.844.